The molecule has 3 heterocycles. The summed E-state index contributed by atoms with van der Waals surface area (Å²) in [4.78, 5) is 32.4. The lowest BCUT2D eigenvalue weighted by atomic mass is 9.95. The van der Waals surface area contributed by atoms with Crippen molar-refractivity contribution in [3.05, 3.63) is 71.3 Å². The summed E-state index contributed by atoms with van der Waals surface area (Å²) < 4.78 is 0. The second kappa shape index (κ2) is 9.57. The molecule has 0 radical (unpaired) electrons. The topological polar surface area (TPSA) is 91.0 Å². The first-order valence-electron chi connectivity index (χ1n) is 11.8. The molecular weight excluding hydrogens is 414 g/mol. The van der Waals surface area contributed by atoms with Crippen molar-refractivity contribution in [1.29, 1.82) is 0 Å². The van der Waals surface area contributed by atoms with Gasteiger partial charge >= 0.3 is 0 Å². The first kappa shape index (κ1) is 21.4. The highest BCUT2D eigenvalue weighted by Crippen LogP contribution is 2.25. The molecule has 7 heteroatoms. The number of aromatic nitrogens is 3. The minimum Gasteiger partial charge on any atom is -0.353 e. The van der Waals surface area contributed by atoms with Crippen LogP contribution >= 0.6 is 0 Å². The highest BCUT2D eigenvalue weighted by atomic mass is 16.2. The molecule has 0 saturated carbocycles. The van der Waals surface area contributed by atoms with Gasteiger partial charge in [-0.3, -0.25) is 19.7 Å². The summed E-state index contributed by atoms with van der Waals surface area (Å²) in [6.07, 6.45) is 10.4. The summed E-state index contributed by atoms with van der Waals surface area (Å²) in [5, 5.41) is 10.5. The average Bonchev–Trinajstić information content (AvgIpc) is 3.22. The molecular formula is C26H29N5O2. The van der Waals surface area contributed by atoms with Crippen molar-refractivity contribution in [2.24, 2.45) is 0 Å². The number of aryl methyl sites for hydroxylation is 1. The molecule has 2 aromatic heterocycles. The van der Waals surface area contributed by atoms with Crippen LogP contribution in [0.1, 0.15) is 53.0 Å². The summed E-state index contributed by atoms with van der Waals surface area (Å²) in [6, 6.07) is 11.5. The molecule has 5 rings (SSSR count). The predicted octanol–water partition coefficient (Wildman–Crippen LogP) is 3.31. The van der Waals surface area contributed by atoms with Crippen LogP contribution in [0.4, 0.5) is 0 Å². The van der Waals surface area contributed by atoms with Crippen LogP contribution in [0.3, 0.4) is 0 Å². The number of carbonyl (C=O) groups is 2. The number of aromatic amines is 1. The molecule has 0 unspecified atom stereocenters. The van der Waals surface area contributed by atoms with E-state index in [0.29, 0.717) is 25.2 Å². The SMILES string of the molecule is O=C1NCCN(C(=O)c2n[nH]c3c2CCCCCC3)[C@H]1Cc1cccc(-c2cccnc2)c1. The second-order valence-corrected chi connectivity index (χ2v) is 8.90. The molecule has 3 aromatic rings. The second-order valence-electron chi connectivity index (χ2n) is 8.90. The Hall–Kier alpha value is -3.48. The number of nitrogens with one attached hydrogen (secondary N) is 2. The third kappa shape index (κ3) is 4.53. The molecule has 0 bridgehead atoms. The van der Waals surface area contributed by atoms with Crippen molar-refractivity contribution >= 4 is 11.8 Å². The molecule has 33 heavy (non-hydrogen) atoms. The number of carbonyl (C=O) groups excluding carboxylic acids is 2. The number of benzene rings is 1. The van der Waals surface area contributed by atoms with Gasteiger partial charge in [-0.25, -0.2) is 0 Å². The third-order valence-electron chi connectivity index (χ3n) is 6.70. The molecule has 7 nitrogen and oxygen atoms in total. The quantitative estimate of drug-likeness (QED) is 0.647. The Bertz CT molecular complexity index is 1140. The van der Waals surface area contributed by atoms with Gasteiger partial charge in [-0.2, -0.15) is 5.10 Å². The molecule has 1 aromatic carbocycles. The Balaban J connectivity index is 1.40. The molecule has 2 amide bonds. The van der Waals surface area contributed by atoms with Crippen molar-refractivity contribution in [2.45, 2.75) is 51.0 Å². The van der Waals surface area contributed by atoms with E-state index in [9.17, 15) is 9.59 Å². The van der Waals surface area contributed by atoms with Crippen molar-refractivity contribution < 1.29 is 9.59 Å². The number of nitrogens with zero attached hydrogens (tertiary/aromatic N) is 3. The van der Waals surface area contributed by atoms with Crippen LogP contribution in [-0.2, 0) is 24.1 Å². The first-order chi connectivity index (χ1) is 16.2. The highest BCUT2D eigenvalue weighted by molar-refractivity contribution is 5.98. The maximum absolute atomic E-state index is 13.6. The summed E-state index contributed by atoms with van der Waals surface area (Å²) in [5.74, 6) is -0.254. The van der Waals surface area contributed by atoms with E-state index in [1.54, 1.807) is 11.1 Å². The number of fused-ring (bicyclic) bond motifs is 1. The Kier molecular flexibility index (Phi) is 6.19. The molecule has 1 saturated heterocycles. The lowest BCUT2D eigenvalue weighted by Gasteiger charge is -2.35. The van der Waals surface area contributed by atoms with Crippen LogP contribution < -0.4 is 5.32 Å². The summed E-state index contributed by atoms with van der Waals surface area (Å²) in [6.45, 7) is 0.947. The van der Waals surface area contributed by atoms with E-state index in [4.69, 9.17) is 0 Å². The standard InChI is InChI=1S/C26H29N5O2/c32-25-23(16-18-7-5-8-19(15-18)20-9-6-12-27-17-20)31(14-13-28-25)26(33)24-21-10-3-1-2-4-11-22(21)29-30-24/h5-9,12,15,17,23H,1-4,10-11,13-14,16H2,(H,28,32)(H,29,30)/t23-/m0/s1. The molecule has 0 spiro atoms. The van der Waals surface area contributed by atoms with E-state index in [0.717, 1.165) is 53.6 Å². The molecule has 170 valence electrons. The van der Waals surface area contributed by atoms with Crippen LogP contribution in [0.25, 0.3) is 11.1 Å². The number of rotatable bonds is 4. The fourth-order valence-electron chi connectivity index (χ4n) is 4.94. The minimum atomic E-state index is -0.559. The van der Waals surface area contributed by atoms with Crippen LogP contribution in [0.15, 0.2) is 48.8 Å². The molecule has 1 atom stereocenters. The maximum Gasteiger partial charge on any atom is 0.275 e. The van der Waals surface area contributed by atoms with Gasteiger partial charge in [0.25, 0.3) is 5.91 Å². The number of hydrogen-bond acceptors (Lipinski definition) is 4. The van der Waals surface area contributed by atoms with E-state index < -0.39 is 6.04 Å². The summed E-state index contributed by atoms with van der Waals surface area (Å²) in [5.41, 5.74) is 5.70. The summed E-state index contributed by atoms with van der Waals surface area (Å²) >= 11 is 0. The van der Waals surface area contributed by atoms with Gasteiger partial charge in [0.2, 0.25) is 5.91 Å². The zero-order chi connectivity index (χ0) is 22.6. The number of amides is 2. The number of hydrogen-bond donors (Lipinski definition) is 2. The van der Waals surface area contributed by atoms with Crippen LogP contribution in [-0.4, -0.2) is 51.0 Å². The van der Waals surface area contributed by atoms with Crippen molar-refractivity contribution in [2.75, 3.05) is 13.1 Å². The first-order valence-corrected chi connectivity index (χ1v) is 11.8. The van der Waals surface area contributed by atoms with E-state index in [2.05, 4.69) is 26.6 Å². The Morgan fingerprint density at radius 3 is 2.76 bits per heavy atom. The monoisotopic (exact) mass is 443 g/mol. The van der Waals surface area contributed by atoms with Crippen molar-refractivity contribution in [3.63, 3.8) is 0 Å². The van der Waals surface area contributed by atoms with E-state index >= 15 is 0 Å². The Morgan fingerprint density at radius 1 is 1.06 bits per heavy atom. The maximum atomic E-state index is 13.6. The third-order valence-corrected chi connectivity index (χ3v) is 6.70. The molecule has 1 fully saturated rings. The zero-order valence-electron chi connectivity index (χ0n) is 18.7. The number of H-pyrrole nitrogens is 1. The van der Waals surface area contributed by atoms with Gasteiger partial charge < -0.3 is 10.2 Å². The van der Waals surface area contributed by atoms with Crippen LogP contribution in [0.5, 0.6) is 0 Å². The predicted molar refractivity (Wildman–Crippen MR) is 126 cm³/mol. The largest absolute Gasteiger partial charge is 0.353 e. The van der Waals surface area contributed by atoms with Gasteiger partial charge in [0.05, 0.1) is 0 Å². The lowest BCUT2D eigenvalue weighted by molar-refractivity contribution is -0.127. The highest BCUT2D eigenvalue weighted by Gasteiger charge is 2.36. The fraction of sp³-hybridized carbons (Fsp3) is 0.385. The van der Waals surface area contributed by atoms with Gasteiger partial charge in [-0.15, -0.1) is 0 Å². The molecule has 2 N–H and O–H groups in total. The van der Waals surface area contributed by atoms with Gasteiger partial charge in [0.15, 0.2) is 5.69 Å². The van der Waals surface area contributed by atoms with Crippen molar-refractivity contribution in [1.82, 2.24) is 25.4 Å². The molecule has 1 aliphatic carbocycles. The number of pyridine rings is 1. The molecule has 2 aliphatic rings. The van der Waals surface area contributed by atoms with E-state index in [1.165, 1.54) is 12.8 Å². The zero-order valence-corrected chi connectivity index (χ0v) is 18.7. The molecule has 1 aliphatic heterocycles. The van der Waals surface area contributed by atoms with Crippen molar-refractivity contribution in [3.8, 4) is 11.1 Å². The van der Waals surface area contributed by atoms with Gasteiger partial charge in [0, 0.05) is 43.2 Å². The van der Waals surface area contributed by atoms with Gasteiger partial charge in [-0.05, 0) is 48.4 Å². The fourth-order valence-corrected chi connectivity index (χ4v) is 4.94. The Morgan fingerprint density at radius 2 is 1.91 bits per heavy atom. The van der Waals surface area contributed by atoms with E-state index in [1.807, 2.05) is 36.5 Å². The van der Waals surface area contributed by atoms with Crippen LogP contribution in [0, 0.1) is 0 Å². The van der Waals surface area contributed by atoms with Gasteiger partial charge in [0.1, 0.15) is 6.04 Å². The normalized spacial score (nSPS) is 18.7. The smallest absolute Gasteiger partial charge is 0.275 e. The lowest BCUT2D eigenvalue weighted by Crippen LogP contribution is -2.58. The van der Waals surface area contributed by atoms with Gasteiger partial charge in [-0.1, -0.05) is 43.2 Å². The van der Waals surface area contributed by atoms with Crippen LogP contribution in [0.2, 0.25) is 0 Å². The minimum absolute atomic E-state index is 0.111. The summed E-state index contributed by atoms with van der Waals surface area (Å²) in [7, 11) is 0. The average molecular weight is 444 g/mol. The number of piperazine rings is 1. The van der Waals surface area contributed by atoms with E-state index in [-0.39, 0.29) is 11.8 Å². The Labute approximate surface area is 193 Å².